The van der Waals surface area contributed by atoms with Crippen LogP contribution in [0.3, 0.4) is 0 Å². The van der Waals surface area contributed by atoms with Crippen molar-refractivity contribution >= 4 is 27.8 Å². The van der Waals surface area contributed by atoms with Crippen molar-refractivity contribution in [2.45, 2.75) is 6.92 Å². The third-order valence-electron chi connectivity index (χ3n) is 2.22. The van der Waals surface area contributed by atoms with Crippen LogP contribution < -0.4 is 0 Å². The van der Waals surface area contributed by atoms with E-state index < -0.39 is 35.6 Å². The molecule has 1 aromatic carbocycles. The Balaban J connectivity index is 3.13. The lowest BCUT2D eigenvalue weighted by molar-refractivity contribution is -0.137. The molecule has 0 heterocycles. The van der Waals surface area contributed by atoms with Gasteiger partial charge in [0.1, 0.15) is 23.7 Å². The number of benzene rings is 1. The minimum atomic E-state index is -1.25. The number of rotatable bonds is 4. The smallest absolute Gasteiger partial charge is 0.323 e. The van der Waals surface area contributed by atoms with E-state index in [0.717, 1.165) is 17.0 Å². The van der Waals surface area contributed by atoms with Crippen LogP contribution in [0.1, 0.15) is 17.3 Å². The van der Waals surface area contributed by atoms with Crippen LogP contribution >= 0.6 is 15.9 Å². The number of likely N-dealkylation sites (N-methyl/N-ethyl adjacent to an activating group) is 1. The second kappa shape index (κ2) is 5.90. The molecule has 1 rings (SSSR count). The highest BCUT2D eigenvalue weighted by molar-refractivity contribution is 9.10. The zero-order valence-corrected chi connectivity index (χ0v) is 11.0. The maximum atomic E-state index is 13.5. The molecule has 0 saturated carbocycles. The molecule has 0 bridgehead atoms. The number of nitrogens with zero attached hydrogens (tertiary/aromatic N) is 1. The van der Waals surface area contributed by atoms with Crippen molar-refractivity contribution in [2.24, 2.45) is 0 Å². The van der Waals surface area contributed by atoms with Crippen molar-refractivity contribution < 1.29 is 23.5 Å². The molecule has 98 valence electrons. The Morgan fingerprint density at radius 3 is 2.22 bits per heavy atom. The van der Waals surface area contributed by atoms with Crippen LogP contribution in [-0.2, 0) is 4.79 Å². The van der Waals surface area contributed by atoms with Gasteiger partial charge >= 0.3 is 5.97 Å². The molecule has 1 amide bonds. The Bertz CT molecular complexity index is 470. The lowest BCUT2D eigenvalue weighted by Gasteiger charge is -2.19. The first-order valence-corrected chi connectivity index (χ1v) is 5.81. The molecule has 18 heavy (non-hydrogen) atoms. The predicted molar refractivity (Wildman–Crippen MR) is 63.3 cm³/mol. The van der Waals surface area contributed by atoms with E-state index in [9.17, 15) is 18.4 Å². The summed E-state index contributed by atoms with van der Waals surface area (Å²) in [5, 5.41) is 8.60. The molecule has 0 aliphatic carbocycles. The number of carbonyl (C=O) groups excluding carboxylic acids is 1. The van der Waals surface area contributed by atoms with Gasteiger partial charge in [-0.2, -0.15) is 0 Å². The van der Waals surface area contributed by atoms with E-state index in [1.807, 2.05) is 0 Å². The Morgan fingerprint density at radius 2 is 1.83 bits per heavy atom. The molecule has 0 saturated heterocycles. The number of hydrogen-bond acceptors (Lipinski definition) is 2. The summed E-state index contributed by atoms with van der Waals surface area (Å²) < 4.78 is 27.2. The summed E-state index contributed by atoms with van der Waals surface area (Å²) in [6, 6.07) is 1.90. The fourth-order valence-electron chi connectivity index (χ4n) is 1.40. The van der Waals surface area contributed by atoms with Crippen molar-refractivity contribution in [2.75, 3.05) is 13.1 Å². The lowest BCUT2D eigenvalue weighted by Crippen LogP contribution is -2.36. The third-order valence-corrected chi connectivity index (χ3v) is 2.67. The highest BCUT2D eigenvalue weighted by Gasteiger charge is 2.24. The van der Waals surface area contributed by atoms with E-state index in [4.69, 9.17) is 5.11 Å². The molecule has 0 aliphatic rings. The van der Waals surface area contributed by atoms with E-state index in [2.05, 4.69) is 15.9 Å². The van der Waals surface area contributed by atoms with Gasteiger partial charge in [0.15, 0.2) is 0 Å². The molecule has 4 nitrogen and oxygen atoms in total. The fourth-order valence-corrected chi connectivity index (χ4v) is 1.80. The largest absolute Gasteiger partial charge is 0.480 e. The molecular weight excluding hydrogens is 312 g/mol. The third kappa shape index (κ3) is 3.25. The van der Waals surface area contributed by atoms with Gasteiger partial charge in [0.25, 0.3) is 5.91 Å². The summed E-state index contributed by atoms with van der Waals surface area (Å²) >= 11 is 2.89. The maximum Gasteiger partial charge on any atom is 0.323 e. The van der Waals surface area contributed by atoms with Crippen molar-refractivity contribution in [3.8, 4) is 0 Å². The number of aliphatic carboxylic acids is 1. The molecule has 0 atom stereocenters. The molecule has 7 heteroatoms. The van der Waals surface area contributed by atoms with Gasteiger partial charge < -0.3 is 10.0 Å². The van der Waals surface area contributed by atoms with Crippen LogP contribution in [0.5, 0.6) is 0 Å². The Labute approximate surface area is 110 Å². The van der Waals surface area contributed by atoms with E-state index in [-0.39, 0.29) is 11.0 Å². The summed E-state index contributed by atoms with van der Waals surface area (Å²) in [5.74, 6) is -4.29. The van der Waals surface area contributed by atoms with Crippen LogP contribution in [0.15, 0.2) is 16.6 Å². The normalized spacial score (nSPS) is 10.2. The number of hydrogen-bond donors (Lipinski definition) is 1. The average molecular weight is 322 g/mol. The SMILES string of the molecule is CCN(CC(=O)O)C(=O)c1c(F)cc(Br)cc1F. The van der Waals surface area contributed by atoms with Gasteiger partial charge in [0, 0.05) is 11.0 Å². The van der Waals surface area contributed by atoms with Crippen LogP contribution in [0.25, 0.3) is 0 Å². The van der Waals surface area contributed by atoms with Crippen LogP contribution in [0.4, 0.5) is 8.78 Å². The Morgan fingerprint density at radius 1 is 1.33 bits per heavy atom. The van der Waals surface area contributed by atoms with E-state index in [1.54, 1.807) is 0 Å². The molecular formula is C11H10BrF2NO3. The highest BCUT2D eigenvalue weighted by Crippen LogP contribution is 2.20. The number of carboxylic acid groups (broad SMARTS) is 1. The van der Waals surface area contributed by atoms with Gasteiger partial charge in [0.2, 0.25) is 0 Å². The predicted octanol–water partition coefficient (Wildman–Crippen LogP) is 2.27. The average Bonchev–Trinajstić information content (AvgIpc) is 2.23. The highest BCUT2D eigenvalue weighted by atomic mass is 79.9. The molecule has 0 fully saturated rings. The van der Waals surface area contributed by atoms with Crippen molar-refractivity contribution in [3.63, 3.8) is 0 Å². The van der Waals surface area contributed by atoms with Gasteiger partial charge in [-0.25, -0.2) is 8.78 Å². The lowest BCUT2D eigenvalue weighted by atomic mass is 10.1. The summed E-state index contributed by atoms with van der Waals surface area (Å²) in [6.07, 6.45) is 0. The maximum absolute atomic E-state index is 13.5. The molecule has 0 aromatic heterocycles. The molecule has 0 aliphatic heterocycles. The van der Waals surface area contributed by atoms with Gasteiger partial charge in [0.05, 0.1) is 0 Å². The molecule has 1 aromatic rings. The second-order valence-corrected chi connectivity index (χ2v) is 4.37. The molecule has 0 unspecified atom stereocenters. The summed E-state index contributed by atoms with van der Waals surface area (Å²) in [7, 11) is 0. The van der Waals surface area contributed by atoms with E-state index in [0.29, 0.717) is 0 Å². The standard InChI is InChI=1S/C11H10BrF2NO3/c1-2-15(5-9(16)17)11(18)10-7(13)3-6(12)4-8(10)14/h3-4H,2,5H2,1H3,(H,16,17). The zero-order valence-electron chi connectivity index (χ0n) is 9.41. The first-order valence-electron chi connectivity index (χ1n) is 5.02. The monoisotopic (exact) mass is 321 g/mol. The van der Waals surface area contributed by atoms with Crippen LogP contribution in [0, 0.1) is 11.6 Å². The first kappa shape index (κ1) is 14.6. The summed E-state index contributed by atoms with van der Waals surface area (Å²) in [4.78, 5) is 23.2. The minimum absolute atomic E-state index is 0.0417. The summed E-state index contributed by atoms with van der Waals surface area (Å²) in [6.45, 7) is 0.958. The summed E-state index contributed by atoms with van der Waals surface area (Å²) in [5.41, 5.74) is -0.749. The Kier molecular flexibility index (Phi) is 4.77. The number of amides is 1. The minimum Gasteiger partial charge on any atom is -0.480 e. The van der Waals surface area contributed by atoms with Gasteiger partial charge in [-0.3, -0.25) is 9.59 Å². The van der Waals surface area contributed by atoms with Gasteiger partial charge in [-0.1, -0.05) is 15.9 Å². The number of carboxylic acids is 1. The zero-order chi connectivity index (χ0) is 13.9. The van der Waals surface area contributed by atoms with E-state index >= 15 is 0 Å². The quantitative estimate of drug-likeness (QED) is 0.925. The van der Waals surface area contributed by atoms with Crippen LogP contribution in [-0.4, -0.2) is 35.0 Å². The molecule has 0 radical (unpaired) electrons. The van der Waals surface area contributed by atoms with Crippen LogP contribution in [0.2, 0.25) is 0 Å². The van der Waals surface area contributed by atoms with E-state index in [1.165, 1.54) is 6.92 Å². The number of carbonyl (C=O) groups is 2. The second-order valence-electron chi connectivity index (χ2n) is 3.46. The van der Waals surface area contributed by atoms with Gasteiger partial charge in [-0.05, 0) is 19.1 Å². The fraction of sp³-hybridized carbons (Fsp3) is 0.273. The van der Waals surface area contributed by atoms with Crippen molar-refractivity contribution in [1.82, 2.24) is 4.90 Å². The van der Waals surface area contributed by atoms with Gasteiger partial charge in [-0.15, -0.1) is 0 Å². The van der Waals surface area contributed by atoms with Crippen molar-refractivity contribution in [3.05, 3.63) is 33.8 Å². The molecule has 1 N–H and O–H groups in total. The Hall–Kier alpha value is -1.50. The number of halogens is 3. The van der Waals surface area contributed by atoms with Crippen molar-refractivity contribution in [1.29, 1.82) is 0 Å². The molecule has 0 spiro atoms. The topological polar surface area (TPSA) is 57.6 Å². The first-order chi connectivity index (χ1) is 8.36.